The van der Waals surface area contributed by atoms with E-state index in [0.717, 1.165) is 25.1 Å². The summed E-state index contributed by atoms with van der Waals surface area (Å²) in [6.07, 6.45) is -5.42. The molecule has 2 amide bonds. The molecule has 4 N–H and O–H groups in total. The second kappa shape index (κ2) is 5.88. The number of hydrogen-bond acceptors (Lipinski definition) is 6. The van der Waals surface area contributed by atoms with Gasteiger partial charge in [0, 0.05) is 17.7 Å². The first-order chi connectivity index (χ1) is 11.4. The molecule has 25 heavy (non-hydrogen) atoms. The Balaban J connectivity index is 2.66. The monoisotopic (exact) mass is 363 g/mol. The maximum Gasteiger partial charge on any atom is 0.437 e. The lowest BCUT2D eigenvalue weighted by molar-refractivity contribution is -0.385. The number of carbonyl (C=O) groups excluding carboxylic acids is 2. The molecule has 1 aromatic carbocycles. The number of Topliss-reactive ketones (excluding diaryl/α,β-unsaturated/α-hetero) is 1. The molecule has 0 spiro atoms. The van der Waals surface area contributed by atoms with Gasteiger partial charge in [-0.1, -0.05) is 0 Å². The fourth-order valence-electron chi connectivity index (χ4n) is 2.69. The number of hydrogen-bond donors (Lipinski definition) is 4. The van der Waals surface area contributed by atoms with Crippen LogP contribution < -0.4 is 10.6 Å². The molecule has 0 aliphatic carbocycles. The van der Waals surface area contributed by atoms with E-state index in [1.807, 2.05) is 5.32 Å². The molecular weight excluding hydrogens is 351 g/mol. The average Bonchev–Trinajstić information content (AvgIpc) is 2.44. The van der Waals surface area contributed by atoms with Gasteiger partial charge in [-0.2, -0.15) is 13.2 Å². The van der Waals surface area contributed by atoms with Gasteiger partial charge < -0.3 is 20.8 Å². The molecule has 1 aliphatic rings. The first-order valence-electron chi connectivity index (χ1n) is 6.74. The number of urea groups is 1. The molecule has 0 unspecified atom stereocenters. The van der Waals surface area contributed by atoms with Crippen LogP contribution in [0.15, 0.2) is 18.2 Å². The van der Waals surface area contributed by atoms with Crippen LogP contribution in [0.5, 0.6) is 5.75 Å². The number of halogens is 3. The molecule has 1 aromatic rings. The number of benzene rings is 1. The number of nitrogens with zero attached hydrogens (tertiary/aromatic N) is 1. The highest BCUT2D eigenvalue weighted by Gasteiger charge is 2.65. The van der Waals surface area contributed by atoms with E-state index >= 15 is 0 Å². The van der Waals surface area contributed by atoms with Crippen molar-refractivity contribution >= 4 is 17.5 Å². The van der Waals surface area contributed by atoms with Gasteiger partial charge in [-0.25, -0.2) is 4.79 Å². The van der Waals surface area contributed by atoms with Gasteiger partial charge in [-0.15, -0.1) is 0 Å². The van der Waals surface area contributed by atoms with Crippen molar-refractivity contribution in [1.82, 2.24) is 10.6 Å². The number of amides is 2. The predicted molar refractivity (Wildman–Crippen MR) is 74.3 cm³/mol. The van der Waals surface area contributed by atoms with Crippen molar-refractivity contribution in [3.63, 3.8) is 0 Å². The number of non-ortho nitro benzene ring substituents is 1. The van der Waals surface area contributed by atoms with Crippen molar-refractivity contribution in [2.75, 3.05) is 0 Å². The number of aromatic hydroxyl groups is 1. The molecule has 1 fully saturated rings. The summed E-state index contributed by atoms with van der Waals surface area (Å²) in [7, 11) is 0. The Hall–Kier alpha value is -2.89. The molecule has 0 bridgehead atoms. The molecule has 1 aliphatic heterocycles. The summed E-state index contributed by atoms with van der Waals surface area (Å²) in [5.41, 5.74) is -5.01. The molecule has 2 rings (SSSR count). The summed E-state index contributed by atoms with van der Waals surface area (Å²) in [4.78, 5) is 33.4. The van der Waals surface area contributed by atoms with Crippen LogP contribution in [-0.2, 0) is 4.79 Å². The number of carbonyl (C=O) groups is 2. The average molecular weight is 363 g/mol. The number of rotatable bonds is 3. The van der Waals surface area contributed by atoms with E-state index in [0.29, 0.717) is 0 Å². The van der Waals surface area contributed by atoms with Crippen LogP contribution in [0.25, 0.3) is 0 Å². The van der Waals surface area contributed by atoms with Crippen molar-refractivity contribution in [2.45, 2.75) is 24.9 Å². The van der Waals surface area contributed by atoms with Gasteiger partial charge in [-0.05, 0) is 13.0 Å². The number of phenolic OH excluding ortho intramolecular Hbond substituents is 1. The minimum Gasteiger partial charge on any atom is -0.508 e. The Morgan fingerprint density at radius 2 is 2.00 bits per heavy atom. The molecule has 1 saturated heterocycles. The van der Waals surface area contributed by atoms with Crippen molar-refractivity contribution in [3.05, 3.63) is 33.9 Å². The number of nitrogens with one attached hydrogen (secondary N) is 2. The molecule has 1 heterocycles. The highest BCUT2D eigenvalue weighted by atomic mass is 19.4. The standard InChI is InChI=1S/C13H12F3N3O6/c1-5(20)9-10(7-4-6(19(24)25)2-3-8(7)21)17-11(22)18-12(9,23)13(14,15)16/h2-4,9-10,21,23H,1H3,(H2,17,18,22)/t9-,10-,12+/m1/s1. The smallest absolute Gasteiger partial charge is 0.437 e. The van der Waals surface area contributed by atoms with E-state index in [2.05, 4.69) is 0 Å². The molecule has 136 valence electrons. The number of aliphatic hydroxyl groups is 1. The SMILES string of the molecule is CC(=O)[C@@H]1[C@@H](c2cc([N+](=O)[O-])ccc2O)NC(=O)N[C@@]1(O)C(F)(F)F. The molecule has 9 nitrogen and oxygen atoms in total. The van der Waals surface area contributed by atoms with E-state index in [9.17, 15) is 43.1 Å². The lowest BCUT2D eigenvalue weighted by Crippen LogP contribution is -2.72. The fraction of sp³-hybridized carbons (Fsp3) is 0.385. The largest absolute Gasteiger partial charge is 0.508 e. The first-order valence-corrected chi connectivity index (χ1v) is 6.74. The summed E-state index contributed by atoms with van der Waals surface area (Å²) in [6, 6.07) is -0.865. The Morgan fingerprint density at radius 3 is 2.48 bits per heavy atom. The third kappa shape index (κ3) is 3.07. The van der Waals surface area contributed by atoms with Gasteiger partial charge in [0.25, 0.3) is 5.69 Å². The second-order valence-corrected chi connectivity index (χ2v) is 5.43. The van der Waals surface area contributed by atoms with Gasteiger partial charge in [0.2, 0.25) is 5.72 Å². The first kappa shape index (κ1) is 18.4. The van der Waals surface area contributed by atoms with Gasteiger partial charge in [0.15, 0.2) is 0 Å². The van der Waals surface area contributed by atoms with Crippen molar-refractivity contribution in [3.8, 4) is 5.75 Å². The summed E-state index contributed by atoms with van der Waals surface area (Å²) in [6.45, 7) is 0.752. The van der Waals surface area contributed by atoms with Gasteiger partial charge in [-0.3, -0.25) is 14.9 Å². The van der Waals surface area contributed by atoms with Crippen LogP contribution >= 0.6 is 0 Å². The van der Waals surface area contributed by atoms with Crippen molar-refractivity contribution < 1.29 is 37.9 Å². The zero-order valence-electron chi connectivity index (χ0n) is 12.5. The van der Waals surface area contributed by atoms with Gasteiger partial charge in [0.1, 0.15) is 11.5 Å². The number of nitro groups is 1. The fourth-order valence-corrected chi connectivity index (χ4v) is 2.69. The molecule has 12 heteroatoms. The molecule has 0 saturated carbocycles. The number of nitro benzene ring substituents is 1. The lowest BCUT2D eigenvalue weighted by atomic mass is 9.79. The normalized spacial score (nSPS) is 26.5. The zero-order valence-corrected chi connectivity index (χ0v) is 12.5. The summed E-state index contributed by atoms with van der Waals surface area (Å²) < 4.78 is 39.9. The Bertz CT molecular complexity index is 753. The number of phenols is 1. The van der Waals surface area contributed by atoms with Crippen LogP contribution in [0.1, 0.15) is 18.5 Å². The zero-order chi connectivity index (χ0) is 19.2. The van der Waals surface area contributed by atoms with Crippen molar-refractivity contribution in [2.24, 2.45) is 5.92 Å². The third-order valence-corrected chi connectivity index (χ3v) is 3.80. The van der Waals surface area contributed by atoms with E-state index in [-0.39, 0.29) is 0 Å². The second-order valence-electron chi connectivity index (χ2n) is 5.43. The van der Waals surface area contributed by atoms with Gasteiger partial charge >= 0.3 is 12.2 Å². The molecular formula is C13H12F3N3O6. The minimum atomic E-state index is -5.42. The lowest BCUT2D eigenvalue weighted by Gasteiger charge is -2.44. The summed E-state index contributed by atoms with van der Waals surface area (Å²) in [5.74, 6) is -4.14. The van der Waals surface area contributed by atoms with Crippen LogP contribution in [-0.4, -0.2) is 38.9 Å². The highest BCUT2D eigenvalue weighted by molar-refractivity contribution is 5.86. The molecule has 0 aromatic heterocycles. The Kier molecular flexibility index (Phi) is 4.34. The third-order valence-electron chi connectivity index (χ3n) is 3.80. The van der Waals surface area contributed by atoms with E-state index in [4.69, 9.17) is 0 Å². The maximum atomic E-state index is 13.3. The Labute approximate surface area is 137 Å². The quantitative estimate of drug-likeness (QED) is 0.468. The maximum absolute atomic E-state index is 13.3. The van der Waals surface area contributed by atoms with Crippen LogP contribution in [0, 0.1) is 16.0 Å². The topological polar surface area (TPSA) is 142 Å². The van der Waals surface area contributed by atoms with Crippen molar-refractivity contribution in [1.29, 1.82) is 0 Å². The van der Waals surface area contributed by atoms with E-state index in [1.54, 1.807) is 0 Å². The number of ketones is 1. The van der Waals surface area contributed by atoms with Crippen LogP contribution in [0.2, 0.25) is 0 Å². The molecule has 3 atom stereocenters. The van der Waals surface area contributed by atoms with Crippen LogP contribution in [0.3, 0.4) is 0 Å². The molecule has 0 radical (unpaired) electrons. The number of alkyl halides is 3. The summed E-state index contributed by atoms with van der Waals surface area (Å²) in [5, 5.41) is 33.9. The van der Waals surface area contributed by atoms with Crippen LogP contribution in [0.4, 0.5) is 23.7 Å². The summed E-state index contributed by atoms with van der Waals surface area (Å²) >= 11 is 0. The minimum absolute atomic E-state index is 0.507. The Morgan fingerprint density at radius 1 is 1.40 bits per heavy atom. The predicted octanol–water partition coefficient (Wildman–Crippen LogP) is 1.11. The van der Waals surface area contributed by atoms with Gasteiger partial charge in [0.05, 0.1) is 16.9 Å². The highest BCUT2D eigenvalue weighted by Crippen LogP contribution is 2.44. The van der Waals surface area contributed by atoms with E-state index in [1.165, 1.54) is 5.32 Å². The van der Waals surface area contributed by atoms with E-state index < -0.39 is 57.6 Å².